The Morgan fingerprint density at radius 2 is 1.81 bits per heavy atom. The highest BCUT2D eigenvalue weighted by molar-refractivity contribution is 6.10. The molecule has 0 radical (unpaired) electrons. The lowest BCUT2D eigenvalue weighted by Crippen LogP contribution is -2.42. The van der Waals surface area contributed by atoms with Crippen molar-refractivity contribution >= 4 is 29.1 Å². The highest BCUT2D eigenvalue weighted by Crippen LogP contribution is 2.29. The van der Waals surface area contributed by atoms with Gasteiger partial charge in [-0.1, -0.05) is 42.0 Å². The molecule has 1 atom stereocenters. The van der Waals surface area contributed by atoms with Crippen molar-refractivity contribution in [2.45, 2.75) is 32.7 Å². The Kier molecular flexibility index (Phi) is 5.54. The number of nitrogens with zero attached hydrogens (tertiary/aromatic N) is 1. The van der Waals surface area contributed by atoms with Gasteiger partial charge in [0.2, 0.25) is 17.7 Å². The molecule has 1 aliphatic heterocycles. The van der Waals surface area contributed by atoms with Gasteiger partial charge in [0.05, 0.1) is 17.4 Å². The van der Waals surface area contributed by atoms with E-state index in [4.69, 9.17) is 0 Å². The Bertz CT molecular complexity index is 861. The summed E-state index contributed by atoms with van der Waals surface area (Å²) in [7, 11) is 0. The minimum atomic E-state index is -0.240. The summed E-state index contributed by atoms with van der Waals surface area (Å²) in [5, 5.41) is 5.66. The largest absolute Gasteiger partial charge is 0.350 e. The molecule has 1 heterocycles. The van der Waals surface area contributed by atoms with Crippen molar-refractivity contribution in [3.05, 3.63) is 59.7 Å². The summed E-state index contributed by atoms with van der Waals surface area (Å²) in [5.41, 5.74) is 3.45. The third-order valence-corrected chi connectivity index (χ3v) is 4.59. The lowest BCUT2D eigenvalue weighted by molar-refractivity contribution is -0.126. The van der Waals surface area contributed by atoms with Crippen LogP contribution in [0.15, 0.2) is 48.5 Å². The number of rotatable bonds is 5. The van der Waals surface area contributed by atoms with Crippen LogP contribution in [0.2, 0.25) is 0 Å². The van der Waals surface area contributed by atoms with Gasteiger partial charge in [0.25, 0.3) is 0 Å². The second-order valence-corrected chi connectivity index (χ2v) is 6.75. The van der Waals surface area contributed by atoms with E-state index in [-0.39, 0.29) is 43.1 Å². The number of para-hydroxylation sites is 2. The molecule has 2 aromatic rings. The van der Waals surface area contributed by atoms with Gasteiger partial charge < -0.3 is 15.5 Å². The van der Waals surface area contributed by atoms with Crippen LogP contribution in [0.25, 0.3) is 0 Å². The van der Waals surface area contributed by atoms with Crippen LogP contribution in [0.4, 0.5) is 11.4 Å². The number of fused-ring (bicyclic) bond motifs is 1. The molecule has 0 saturated carbocycles. The van der Waals surface area contributed by atoms with Crippen LogP contribution in [-0.2, 0) is 14.4 Å². The van der Waals surface area contributed by atoms with Gasteiger partial charge in [0.15, 0.2) is 0 Å². The van der Waals surface area contributed by atoms with Crippen LogP contribution < -0.4 is 15.5 Å². The SMILES string of the molecule is Cc1ccc(C(C)NC(=O)CCC(=O)N2CC(=O)Nc3ccccc32)cc1. The number of hydrogen-bond acceptors (Lipinski definition) is 3. The van der Waals surface area contributed by atoms with Crippen LogP contribution in [0.5, 0.6) is 0 Å². The minimum absolute atomic E-state index is 0.0305. The number of hydrogen-bond donors (Lipinski definition) is 2. The maximum Gasteiger partial charge on any atom is 0.244 e. The first kappa shape index (κ1) is 18.6. The smallest absolute Gasteiger partial charge is 0.244 e. The van der Waals surface area contributed by atoms with Crippen LogP contribution in [-0.4, -0.2) is 24.3 Å². The molecule has 27 heavy (non-hydrogen) atoms. The van der Waals surface area contributed by atoms with Gasteiger partial charge in [0.1, 0.15) is 6.54 Å². The average molecular weight is 365 g/mol. The van der Waals surface area contributed by atoms with E-state index in [0.717, 1.165) is 11.1 Å². The van der Waals surface area contributed by atoms with Crippen LogP contribution in [0.1, 0.15) is 36.9 Å². The van der Waals surface area contributed by atoms with Crippen LogP contribution >= 0.6 is 0 Å². The molecule has 0 bridgehead atoms. The Balaban J connectivity index is 1.57. The van der Waals surface area contributed by atoms with Crippen molar-refractivity contribution in [2.24, 2.45) is 0 Å². The van der Waals surface area contributed by atoms with Gasteiger partial charge in [-0.25, -0.2) is 0 Å². The second-order valence-electron chi connectivity index (χ2n) is 6.75. The summed E-state index contributed by atoms with van der Waals surface area (Å²) >= 11 is 0. The number of nitrogens with one attached hydrogen (secondary N) is 2. The molecule has 3 rings (SSSR count). The van der Waals surface area contributed by atoms with Crippen molar-refractivity contribution in [3.63, 3.8) is 0 Å². The van der Waals surface area contributed by atoms with E-state index >= 15 is 0 Å². The van der Waals surface area contributed by atoms with Crippen molar-refractivity contribution < 1.29 is 14.4 Å². The van der Waals surface area contributed by atoms with E-state index in [2.05, 4.69) is 10.6 Å². The van der Waals surface area contributed by atoms with Crippen LogP contribution in [0.3, 0.4) is 0 Å². The molecule has 0 fully saturated rings. The first-order chi connectivity index (χ1) is 12.9. The second kappa shape index (κ2) is 8.03. The van der Waals surface area contributed by atoms with Gasteiger partial charge >= 0.3 is 0 Å². The molecule has 0 aromatic heterocycles. The third-order valence-electron chi connectivity index (χ3n) is 4.59. The monoisotopic (exact) mass is 365 g/mol. The highest BCUT2D eigenvalue weighted by Gasteiger charge is 2.26. The minimum Gasteiger partial charge on any atom is -0.350 e. The summed E-state index contributed by atoms with van der Waals surface area (Å²) < 4.78 is 0. The molecule has 6 heteroatoms. The number of anilines is 2. The van der Waals surface area contributed by atoms with Crippen molar-refractivity contribution in [1.29, 1.82) is 0 Å². The first-order valence-corrected chi connectivity index (χ1v) is 8.99. The highest BCUT2D eigenvalue weighted by atomic mass is 16.2. The standard InChI is InChI=1S/C21H23N3O3/c1-14-7-9-16(10-8-14)15(2)22-19(25)11-12-21(27)24-13-20(26)23-17-5-3-4-6-18(17)24/h3-10,15H,11-13H2,1-2H3,(H,22,25)(H,23,26). The number of carbonyl (C=O) groups excluding carboxylic acids is 3. The molecule has 6 nitrogen and oxygen atoms in total. The number of aryl methyl sites for hydroxylation is 1. The lowest BCUT2D eigenvalue weighted by Gasteiger charge is -2.29. The quantitative estimate of drug-likeness (QED) is 0.855. The molecule has 0 spiro atoms. The fourth-order valence-corrected chi connectivity index (χ4v) is 3.06. The fraction of sp³-hybridized carbons (Fsp3) is 0.286. The summed E-state index contributed by atoms with van der Waals surface area (Å²) in [6.45, 7) is 3.89. The molecular weight excluding hydrogens is 342 g/mol. The first-order valence-electron chi connectivity index (χ1n) is 8.99. The molecule has 1 aliphatic rings. The van der Waals surface area contributed by atoms with Crippen molar-refractivity contribution in [2.75, 3.05) is 16.8 Å². The molecule has 0 saturated heterocycles. The predicted molar refractivity (Wildman–Crippen MR) is 104 cm³/mol. The van der Waals surface area contributed by atoms with Crippen molar-refractivity contribution in [1.82, 2.24) is 5.32 Å². The summed E-state index contributed by atoms with van der Waals surface area (Å²) in [4.78, 5) is 38.1. The lowest BCUT2D eigenvalue weighted by atomic mass is 10.1. The van der Waals surface area contributed by atoms with E-state index in [0.29, 0.717) is 11.4 Å². The van der Waals surface area contributed by atoms with E-state index < -0.39 is 0 Å². The number of carbonyl (C=O) groups is 3. The van der Waals surface area contributed by atoms with E-state index in [9.17, 15) is 14.4 Å². The van der Waals surface area contributed by atoms with Gasteiger partial charge in [-0.2, -0.15) is 0 Å². The zero-order chi connectivity index (χ0) is 19.4. The van der Waals surface area contributed by atoms with E-state index in [1.165, 1.54) is 4.90 Å². The summed E-state index contributed by atoms with van der Waals surface area (Å²) in [6, 6.07) is 15.0. The molecule has 140 valence electrons. The molecule has 3 amide bonds. The summed E-state index contributed by atoms with van der Waals surface area (Å²) in [6.07, 6.45) is 0.128. The average Bonchev–Trinajstić information content (AvgIpc) is 2.65. The third kappa shape index (κ3) is 4.53. The Morgan fingerprint density at radius 3 is 2.56 bits per heavy atom. The summed E-state index contributed by atoms with van der Waals surface area (Å²) in [5.74, 6) is -0.666. The zero-order valence-corrected chi connectivity index (χ0v) is 15.5. The molecular formula is C21H23N3O3. The maximum atomic E-state index is 12.6. The van der Waals surface area contributed by atoms with E-state index in [1.807, 2.05) is 44.2 Å². The maximum absolute atomic E-state index is 12.6. The topological polar surface area (TPSA) is 78.5 Å². The van der Waals surface area contributed by atoms with Gasteiger partial charge in [-0.3, -0.25) is 14.4 Å². The Labute approximate surface area is 158 Å². The zero-order valence-electron chi connectivity index (χ0n) is 15.5. The van der Waals surface area contributed by atoms with Crippen LogP contribution in [0, 0.1) is 6.92 Å². The normalized spacial score (nSPS) is 14.1. The predicted octanol–water partition coefficient (Wildman–Crippen LogP) is 2.94. The van der Waals surface area contributed by atoms with Crippen molar-refractivity contribution in [3.8, 4) is 0 Å². The van der Waals surface area contributed by atoms with Gasteiger partial charge in [-0.15, -0.1) is 0 Å². The molecule has 2 N–H and O–H groups in total. The molecule has 2 aromatic carbocycles. The Hall–Kier alpha value is -3.15. The van der Waals surface area contributed by atoms with Gasteiger partial charge in [-0.05, 0) is 31.5 Å². The number of amides is 3. The fourth-order valence-electron chi connectivity index (χ4n) is 3.06. The Morgan fingerprint density at radius 1 is 1.11 bits per heavy atom. The van der Waals surface area contributed by atoms with Gasteiger partial charge in [0, 0.05) is 12.8 Å². The molecule has 1 unspecified atom stereocenters. The number of benzene rings is 2. The molecule has 0 aliphatic carbocycles. The van der Waals surface area contributed by atoms with E-state index in [1.54, 1.807) is 18.2 Å².